The Hall–Kier alpha value is -1.26. The number of aryl methyl sites for hydroxylation is 3. The van der Waals surface area contributed by atoms with Crippen LogP contribution in [-0.4, -0.2) is 14.9 Å². The lowest BCUT2D eigenvalue weighted by Crippen LogP contribution is -2.06. The van der Waals surface area contributed by atoms with E-state index >= 15 is 0 Å². The van der Waals surface area contributed by atoms with Crippen LogP contribution >= 0.6 is 11.6 Å². The lowest BCUT2D eigenvalue weighted by atomic mass is 10.1. The van der Waals surface area contributed by atoms with Gasteiger partial charge in [0.15, 0.2) is 0 Å². The van der Waals surface area contributed by atoms with Gasteiger partial charge in [0.25, 0.3) is 0 Å². The minimum atomic E-state index is -0.698. The highest BCUT2D eigenvalue weighted by Gasteiger charge is 2.19. The molecule has 0 fully saturated rings. The number of rotatable bonds is 4. The quantitative estimate of drug-likeness (QED) is 0.928. The second-order valence-corrected chi connectivity index (χ2v) is 4.73. The van der Waals surface area contributed by atoms with Gasteiger partial charge in [0, 0.05) is 13.5 Å². The SMILES string of the molecule is CCc1nn(C)c(CC(O)c2ccc(C)o2)c1Cl. The Kier molecular flexibility index (Phi) is 3.78. The van der Waals surface area contributed by atoms with Gasteiger partial charge < -0.3 is 9.52 Å². The third-order valence-electron chi connectivity index (χ3n) is 2.98. The van der Waals surface area contributed by atoms with E-state index in [0.29, 0.717) is 17.2 Å². The molecule has 0 aliphatic rings. The van der Waals surface area contributed by atoms with Crippen LogP contribution in [-0.2, 0) is 19.9 Å². The van der Waals surface area contributed by atoms with Crippen LogP contribution in [0, 0.1) is 6.92 Å². The fraction of sp³-hybridized carbons (Fsp3) is 0.462. The van der Waals surface area contributed by atoms with Crippen molar-refractivity contribution in [3.8, 4) is 0 Å². The number of halogens is 1. The normalized spacial score (nSPS) is 12.9. The van der Waals surface area contributed by atoms with Crippen LogP contribution in [0.5, 0.6) is 0 Å². The summed E-state index contributed by atoms with van der Waals surface area (Å²) < 4.78 is 7.13. The fourth-order valence-corrected chi connectivity index (χ4v) is 2.33. The average molecular weight is 269 g/mol. The van der Waals surface area contributed by atoms with Crippen molar-refractivity contribution in [2.75, 3.05) is 0 Å². The Bertz CT molecular complexity index is 545. The smallest absolute Gasteiger partial charge is 0.133 e. The van der Waals surface area contributed by atoms with Crippen LogP contribution in [0.3, 0.4) is 0 Å². The maximum atomic E-state index is 10.1. The van der Waals surface area contributed by atoms with Crippen molar-refractivity contribution >= 4 is 11.6 Å². The highest BCUT2D eigenvalue weighted by Crippen LogP contribution is 2.26. The molecule has 0 aliphatic carbocycles. The van der Waals surface area contributed by atoms with Gasteiger partial charge in [-0.3, -0.25) is 4.68 Å². The molecule has 18 heavy (non-hydrogen) atoms. The van der Waals surface area contributed by atoms with Gasteiger partial charge >= 0.3 is 0 Å². The molecule has 1 atom stereocenters. The molecular formula is C13H17ClN2O2. The van der Waals surface area contributed by atoms with E-state index in [1.54, 1.807) is 10.7 Å². The van der Waals surface area contributed by atoms with E-state index in [2.05, 4.69) is 5.10 Å². The van der Waals surface area contributed by atoms with Gasteiger partial charge in [0.1, 0.15) is 17.6 Å². The fourth-order valence-electron chi connectivity index (χ4n) is 1.96. The molecule has 2 aromatic rings. The van der Waals surface area contributed by atoms with Gasteiger partial charge in [-0.2, -0.15) is 5.10 Å². The number of furan rings is 1. The van der Waals surface area contributed by atoms with Gasteiger partial charge in [0.05, 0.1) is 16.4 Å². The Morgan fingerprint density at radius 3 is 2.72 bits per heavy atom. The summed E-state index contributed by atoms with van der Waals surface area (Å²) >= 11 is 6.24. The number of aliphatic hydroxyl groups is 1. The molecule has 5 heteroatoms. The van der Waals surface area contributed by atoms with Gasteiger partial charge in [-0.25, -0.2) is 0 Å². The second-order valence-electron chi connectivity index (χ2n) is 4.35. The molecule has 2 rings (SSSR count). The van der Waals surface area contributed by atoms with Gasteiger partial charge in [-0.15, -0.1) is 0 Å². The van der Waals surface area contributed by atoms with E-state index in [1.165, 1.54) is 0 Å². The van der Waals surface area contributed by atoms with Gasteiger partial charge in [-0.05, 0) is 25.5 Å². The van der Waals surface area contributed by atoms with Gasteiger partial charge in [0.2, 0.25) is 0 Å². The molecule has 0 saturated heterocycles. The first-order valence-electron chi connectivity index (χ1n) is 5.97. The predicted octanol–water partition coefficient (Wildman–Crippen LogP) is 2.81. The third-order valence-corrected chi connectivity index (χ3v) is 3.42. The summed E-state index contributed by atoms with van der Waals surface area (Å²) in [6.45, 7) is 3.85. The van der Waals surface area contributed by atoms with Crippen molar-refractivity contribution in [2.45, 2.75) is 32.8 Å². The summed E-state index contributed by atoms with van der Waals surface area (Å²) in [7, 11) is 1.83. The molecular weight excluding hydrogens is 252 g/mol. The molecule has 1 N–H and O–H groups in total. The summed E-state index contributed by atoms with van der Waals surface area (Å²) in [5.41, 5.74) is 1.69. The van der Waals surface area contributed by atoms with Crippen molar-refractivity contribution < 1.29 is 9.52 Å². The molecule has 0 spiro atoms. The number of hydrogen-bond donors (Lipinski definition) is 1. The molecule has 0 aliphatic heterocycles. The molecule has 0 bridgehead atoms. The minimum absolute atomic E-state index is 0.398. The predicted molar refractivity (Wildman–Crippen MR) is 69.7 cm³/mol. The lowest BCUT2D eigenvalue weighted by Gasteiger charge is -2.08. The van der Waals surface area contributed by atoms with E-state index in [-0.39, 0.29) is 0 Å². The van der Waals surface area contributed by atoms with E-state index in [4.69, 9.17) is 16.0 Å². The van der Waals surface area contributed by atoms with Gasteiger partial charge in [-0.1, -0.05) is 18.5 Å². The Labute approximate surface area is 111 Å². The minimum Gasteiger partial charge on any atom is -0.464 e. The van der Waals surface area contributed by atoms with Crippen molar-refractivity contribution in [2.24, 2.45) is 7.05 Å². The third kappa shape index (κ3) is 2.44. The monoisotopic (exact) mass is 268 g/mol. The van der Waals surface area contributed by atoms with Crippen LogP contribution in [0.15, 0.2) is 16.5 Å². The van der Waals surface area contributed by atoms with E-state index in [9.17, 15) is 5.11 Å². The molecule has 0 radical (unpaired) electrons. The molecule has 4 nitrogen and oxygen atoms in total. The Morgan fingerprint density at radius 2 is 2.22 bits per heavy atom. The maximum absolute atomic E-state index is 10.1. The van der Waals surface area contributed by atoms with Crippen LogP contribution < -0.4 is 0 Å². The Balaban J connectivity index is 2.21. The molecule has 0 aromatic carbocycles. The van der Waals surface area contributed by atoms with E-state index in [0.717, 1.165) is 23.6 Å². The maximum Gasteiger partial charge on any atom is 0.133 e. The second kappa shape index (κ2) is 5.16. The average Bonchev–Trinajstić information content (AvgIpc) is 2.87. The molecule has 2 aromatic heterocycles. The molecule has 1 unspecified atom stereocenters. The zero-order valence-corrected chi connectivity index (χ0v) is 11.5. The first kappa shape index (κ1) is 13.2. The summed E-state index contributed by atoms with van der Waals surface area (Å²) in [6.07, 6.45) is 0.481. The topological polar surface area (TPSA) is 51.2 Å². The summed E-state index contributed by atoms with van der Waals surface area (Å²) in [5.74, 6) is 1.34. The standard InChI is InChI=1S/C13H17ClN2O2/c1-4-9-13(14)10(16(3)15-9)7-11(17)12-6-5-8(2)18-12/h5-6,11,17H,4,7H2,1-3H3. The number of aromatic nitrogens is 2. The van der Waals surface area contributed by atoms with Crippen molar-refractivity contribution in [3.05, 3.63) is 40.1 Å². The highest BCUT2D eigenvalue weighted by atomic mass is 35.5. The summed E-state index contributed by atoms with van der Waals surface area (Å²) in [6, 6.07) is 3.62. The van der Waals surface area contributed by atoms with Crippen LogP contribution in [0.25, 0.3) is 0 Å². The highest BCUT2D eigenvalue weighted by molar-refractivity contribution is 6.31. The molecule has 0 amide bonds. The number of aliphatic hydroxyl groups excluding tert-OH is 1. The lowest BCUT2D eigenvalue weighted by molar-refractivity contribution is 0.146. The Morgan fingerprint density at radius 1 is 1.50 bits per heavy atom. The first-order valence-corrected chi connectivity index (χ1v) is 6.35. The van der Waals surface area contributed by atoms with Crippen molar-refractivity contribution in [1.82, 2.24) is 9.78 Å². The largest absolute Gasteiger partial charge is 0.464 e. The first-order chi connectivity index (χ1) is 8.52. The van der Waals surface area contributed by atoms with E-state index in [1.807, 2.05) is 27.0 Å². The number of nitrogens with zero attached hydrogens (tertiary/aromatic N) is 2. The zero-order chi connectivity index (χ0) is 13.3. The molecule has 0 saturated carbocycles. The summed E-state index contributed by atoms with van der Waals surface area (Å²) in [4.78, 5) is 0. The van der Waals surface area contributed by atoms with Crippen LogP contribution in [0.4, 0.5) is 0 Å². The van der Waals surface area contributed by atoms with Crippen molar-refractivity contribution in [1.29, 1.82) is 0 Å². The van der Waals surface area contributed by atoms with Crippen LogP contribution in [0.2, 0.25) is 5.02 Å². The van der Waals surface area contributed by atoms with Crippen LogP contribution in [0.1, 0.15) is 35.9 Å². The molecule has 2 heterocycles. The zero-order valence-electron chi connectivity index (χ0n) is 10.8. The van der Waals surface area contributed by atoms with Crippen molar-refractivity contribution in [3.63, 3.8) is 0 Å². The number of hydrogen-bond acceptors (Lipinski definition) is 3. The van der Waals surface area contributed by atoms with E-state index < -0.39 is 6.10 Å². The molecule has 98 valence electrons. The summed E-state index contributed by atoms with van der Waals surface area (Å²) in [5, 5.41) is 15.1.